The third kappa shape index (κ3) is 30.8. The van der Waals surface area contributed by atoms with Gasteiger partial charge in [-0.3, -0.25) is 23.5 Å². The number of benzene rings is 6. The minimum Gasteiger partial charge on any atom is -0.497 e. The zero-order valence-electron chi connectivity index (χ0n) is 71.0. The first kappa shape index (κ1) is 103. The molecule has 0 spiro atoms. The van der Waals surface area contributed by atoms with Gasteiger partial charge in [-0.1, -0.05) is 220 Å². The van der Waals surface area contributed by atoms with E-state index in [-0.39, 0.29) is 112 Å². The zero-order valence-corrected chi connectivity index (χ0v) is 80.1. The molecule has 6 heterocycles. The predicted molar refractivity (Wildman–Crippen MR) is 511 cm³/mol. The number of nitrogen functional groups attached to an aromatic ring is 1. The first-order valence-corrected chi connectivity index (χ1v) is 53.5. The maximum absolute atomic E-state index is 13.2. The second-order valence-corrected chi connectivity index (χ2v) is 43.2. The molecule has 0 amide bonds. The predicted octanol–water partition coefficient (Wildman–Crippen LogP) is 13.8. The van der Waals surface area contributed by atoms with Crippen molar-refractivity contribution in [3.05, 3.63) is 243 Å². The number of anilines is 3. The van der Waals surface area contributed by atoms with Crippen LogP contribution in [0.25, 0.3) is 33.5 Å². The molecule has 686 valence electrons. The summed E-state index contributed by atoms with van der Waals surface area (Å²) in [5.41, 5.74) is 11.4. The van der Waals surface area contributed by atoms with E-state index in [1.807, 2.05) is 189 Å². The average Bonchev–Trinajstić information content (AvgIpc) is 1.17. The molecule has 12 rings (SSSR count). The monoisotopic (exact) mass is 1960 g/mol. The number of aliphatic hydroxyl groups excluding tert-OH is 3. The van der Waals surface area contributed by atoms with Crippen molar-refractivity contribution >= 4 is 160 Å². The van der Waals surface area contributed by atoms with Gasteiger partial charge >= 0.3 is 22.8 Å². The third-order valence-electron chi connectivity index (χ3n) is 18.1. The van der Waals surface area contributed by atoms with Crippen molar-refractivity contribution in [2.75, 3.05) is 137 Å². The molecular weight excluding hydrogens is 1850 g/mol. The molecule has 0 aliphatic carbocycles. The Morgan fingerprint density at radius 2 is 0.843 bits per heavy atom. The number of halogens is 2. The van der Waals surface area contributed by atoms with Crippen LogP contribution in [0.1, 0.15) is 74.4 Å². The summed E-state index contributed by atoms with van der Waals surface area (Å²) < 4.78 is 92.1. The van der Waals surface area contributed by atoms with E-state index in [1.165, 1.54) is 18.5 Å². The number of hydrogen-bond acceptors (Lipinski definition) is 31. The van der Waals surface area contributed by atoms with Gasteiger partial charge in [0, 0.05) is 54.2 Å². The van der Waals surface area contributed by atoms with Crippen LogP contribution in [0.5, 0.6) is 11.5 Å². The van der Waals surface area contributed by atoms with Crippen molar-refractivity contribution in [3.8, 4) is 11.5 Å². The molecule has 0 bridgehead atoms. The van der Waals surface area contributed by atoms with Crippen molar-refractivity contribution in [1.29, 1.82) is 0 Å². The SMILES string of the molecule is CCCSSCCO.COc1ccc(C(Nc2nc(Cl)c3ncn(CCOCP(=O)(O)O)c3n2)(c2ccccc2)c2ccccc2)cc1.COc1ccc(C(Nc2nc(Cl)c3ncn(CCOCP(=O)(OC(C)C)OC(C)C)c3n2)(c2ccccc2)c2ccccc2)cc1.Nc1nc2c(ncn2CCOCP(=O)(OCCS(=S)CCO)OCCS(=S)CCO)c(=O)[nH]1. The number of aliphatic hydroxyl groups is 3. The highest BCUT2D eigenvalue weighted by Crippen LogP contribution is 2.51. The summed E-state index contributed by atoms with van der Waals surface area (Å²) >= 11 is 23.8. The number of rotatable bonds is 48. The lowest BCUT2D eigenvalue weighted by molar-refractivity contribution is 0.0961. The summed E-state index contributed by atoms with van der Waals surface area (Å²) in [7, 11) is -5.38. The summed E-state index contributed by atoms with van der Waals surface area (Å²) in [6.45, 7) is 11.2. The summed E-state index contributed by atoms with van der Waals surface area (Å²) in [6, 6.07) is 55.9. The van der Waals surface area contributed by atoms with E-state index < -0.39 is 64.7 Å². The number of hydrogen-bond donors (Lipinski definition) is 9. The number of methoxy groups -OCH3 is 2. The molecule has 0 saturated heterocycles. The van der Waals surface area contributed by atoms with Gasteiger partial charge in [-0.2, -0.15) is 24.9 Å². The number of aromatic amines is 1. The number of nitrogens with zero attached hydrogens (tertiary/aromatic N) is 11. The Labute approximate surface area is 769 Å². The Kier molecular flexibility index (Phi) is 42.1. The van der Waals surface area contributed by atoms with Crippen LogP contribution in [0.2, 0.25) is 10.3 Å². The zero-order chi connectivity index (χ0) is 91.4. The number of fused-ring (bicyclic) bond motifs is 3. The highest BCUT2D eigenvalue weighted by molar-refractivity contribution is 8.76. The molecule has 0 aliphatic heterocycles. The molecule has 12 aromatic rings. The maximum atomic E-state index is 13.2. The largest absolute Gasteiger partial charge is 0.497 e. The molecule has 2 atom stereocenters. The van der Waals surface area contributed by atoms with Crippen molar-refractivity contribution in [1.82, 2.24) is 58.6 Å². The van der Waals surface area contributed by atoms with Gasteiger partial charge in [0.25, 0.3) is 5.56 Å². The third-order valence-corrected chi connectivity index (χ3v) is 29.9. The highest BCUT2D eigenvalue weighted by Gasteiger charge is 2.40. The molecule has 6 aromatic carbocycles. The van der Waals surface area contributed by atoms with E-state index >= 15 is 0 Å². The maximum Gasteiger partial charge on any atom is 0.356 e. The first-order chi connectivity index (χ1) is 61.1. The Balaban J connectivity index is 0.000000208. The molecule has 127 heavy (non-hydrogen) atoms. The summed E-state index contributed by atoms with van der Waals surface area (Å²) in [5.74, 6) is 5.95. The molecular formula is C83H106Cl2N15O18P3S6. The topological polar surface area (TPSA) is 436 Å². The molecule has 33 nitrogen and oxygen atoms in total. The van der Waals surface area contributed by atoms with Crippen LogP contribution < -0.4 is 31.4 Å². The second kappa shape index (κ2) is 51.9. The molecule has 0 radical (unpaired) electrons. The fourth-order valence-corrected chi connectivity index (χ4v) is 20.9. The Morgan fingerprint density at radius 3 is 1.20 bits per heavy atom. The van der Waals surface area contributed by atoms with E-state index in [9.17, 15) is 18.5 Å². The van der Waals surface area contributed by atoms with Gasteiger partial charge in [0.1, 0.15) is 52.7 Å². The standard InChI is InChI=1S/C34H39ClN5O5P.C28H27ClN5O5P.C16H28N5O7PS4.C5H12OS2/c1-24(2)44-46(41,45-25(3)4)23-43-21-20-40-22-36-30-31(35)37-33(38-32(30)40)39-34(26-12-8-6-9-13-26,27-14-10-7-11-15-27)28-16-18-29(42-5)19-17-28;1-38-23-14-12-22(13-15-23)28(20-8-4-2-5-9-20,21-10-6-3-7-11-21)33-27-31-25(29)24-26(32-27)34(18-30-24)16-17-39-19-40(35,36)37;17-16-19-14-13(15(24)20-16)18-11-21(14)1-4-26-12-29(25,27-5-9-32(30)7-2-22)28-6-10-33(31)8-3-23;1-2-4-7-8-5-3-6/h6-19,22,24-25H,20-21,23H2,1-5H3,(H,37,38,39);2-15,18H,16-17,19H2,1H3,(H,31,32,33)(H2,35,36,37);11,22-23H,1-10,12H2,(H3,17,19,20,24);6H,2-5H2,1H3. The van der Waals surface area contributed by atoms with Crippen LogP contribution in [-0.2, 0) is 118 Å². The average molecular weight is 1960 g/mol. The molecule has 44 heteroatoms. The minimum absolute atomic E-state index is 0.00874. The van der Waals surface area contributed by atoms with Gasteiger partial charge in [-0.15, -0.1) is 18.9 Å². The fraction of sp³-hybridized carbons (Fsp3) is 0.386. The number of imidazole rings is 3. The van der Waals surface area contributed by atoms with Gasteiger partial charge in [-0.05, 0) is 91.8 Å². The molecule has 6 aromatic heterocycles. The van der Waals surface area contributed by atoms with Crippen molar-refractivity contribution in [2.45, 2.75) is 84.0 Å². The second-order valence-electron chi connectivity index (χ2n) is 28.1. The Morgan fingerprint density at radius 1 is 0.488 bits per heavy atom. The number of nitrogens with one attached hydrogen (secondary N) is 3. The summed E-state index contributed by atoms with van der Waals surface area (Å²) in [4.78, 5) is 68.1. The fourth-order valence-electron chi connectivity index (χ4n) is 12.6. The van der Waals surface area contributed by atoms with E-state index in [0.29, 0.717) is 70.1 Å². The van der Waals surface area contributed by atoms with Crippen LogP contribution in [0.4, 0.5) is 17.8 Å². The summed E-state index contributed by atoms with van der Waals surface area (Å²) in [5, 5.41) is 33.9. The van der Waals surface area contributed by atoms with Crippen molar-refractivity contribution < 1.29 is 80.6 Å². The lowest BCUT2D eigenvalue weighted by Gasteiger charge is -2.37. The molecule has 2 unspecified atom stereocenters. The Bertz CT molecular complexity index is 5510. The van der Waals surface area contributed by atoms with Crippen molar-refractivity contribution in [3.63, 3.8) is 0 Å². The van der Waals surface area contributed by atoms with Crippen LogP contribution >= 0.6 is 67.6 Å². The van der Waals surface area contributed by atoms with Gasteiger partial charge in [0.15, 0.2) is 32.8 Å². The van der Waals surface area contributed by atoms with Crippen LogP contribution in [-0.4, -0.2) is 217 Å². The molecule has 0 aliphatic rings. The molecule has 0 saturated carbocycles. The van der Waals surface area contributed by atoms with Gasteiger partial charge in [0.05, 0.1) is 98.3 Å². The molecule has 10 N–H and O–H groups in total. The quantitative estimate of drug-likeness (QED) is 0.00562. The van der Waals surface area contributed by atoms with Crippen LogP contribution in [0.3, 0.4) is 0 Å². The molecule has 0 fully saturated rings. The highest BCUT2D eigenvalue weighted by atomic mass is 35.5. The van der Waals surface area contributed by atoms with E-state index in [1.54, 1.807) is 46.8 Å². The number of nitrogens with two attached hydrogens (primary N) is 1. The van der Waals surface area contributed by atoms with E-state index in [4.69, 9.17) is 128 Å². The Hall–Kier alpha value is -7.60. The van der Waals surface area contributed by atoms with Gasteiger partial charge in [0.2, 0.25) is 17.8 Å². The minimum atomic E-state index is -4.26. The first-order valence-electron chi connectivity index (χ1n) is 40.1. The van der Waals surface area contributed by atoms with Crippen LogP contribution in [0.15, 0.2) is 194 Å². The smallest absolute Gasteiger partial charge is 0.356 e. The van der Waals surface area contributed by atoms with Gasteiger partial charge < -0.3 is 97.0 Å². The summed E-state index contributed by atoms with van der Waals surface area (Å²) in [6.07, 6.45) is 4.19. The van der Waals surface area contributed by atoms with Crippen molar-refractivity contribution in [2.24, 2.45) is 0 Å². The van der Waals surface area contributed by atoms with Gasteiger partial charge in [-0.25, -0.2) is 15.0 Å². The number of H-pyrrole nitrogens is 1. The van der Waals surface area contributed by atoms with E-state index in [2.05, 4.69) is 76.7 Å². The lowest BCUT2D eigenvalue weighted by Crippen LogP contribution is -2.38. The number of aromatic nitrogens is 12. The van der Waals surface area contributed by atoms with E-state index in [0.717, 1.165) is 50.6 Å². The number of ether oxygens (including phenoxy) is 5. The lowest BCUT2D eigenvalue weighted by atomic mass is 9.77. The normalized spacial score (nSPS) is 12.9. The van der Waals surface area contributed by atoms with Crippen LogP contribution in [0, 0.1) is 0 Å².